The third kappa shape index (κ3) is 4.59. The molecule has 0 radical (unpaired) electrons. The minimum Gasteiger partial charge on any atom is -0.381 e. The molecule has 1 unspecified atom stereocenters. The van der Waals surface area contributed by atoms with E-state index in [1.54, 1.807) is 0 Å². The second-order valence-corrected chi connectivity index (χ2v) is 6.33. The average molecular weight is 323 g/mol. The largest absolute Gasteiger partial charge is 0.381 e. The van der Waals surface area contributed by atoms with E-state index < -0.39 is 0 Å². The highest BCUT2D eigenvalue weighted by molar-refractivity contribution is 5.92. The number of hydrogen-bond donors (Lipinski definition) is 2. The molecule has 1 aliphatic rings. The number of nitrogens with one attached hydrogen (secondary N) is 2. The van der Waals surface area contributed by atoms with Crippen LogP contribution in [-0.2, 0) is 11.2 Å². The number of para-hydroxylation sites is 1. The summed E-state index contributed by atoms with van der Waals surface area (Å²) in [4.78, 5) is 14.4. The van der Waals surface area contributed by atoms with Crippen molar-refractivity contribution < 1.29 is 4.79 Å². The van der Waals surface area contributed by atoms with E-state index in [1.165, 1.54) is 5.56 Å². The third-order valence-corrected chi connectivity index (χ3v) is 4.43. The highest BCUT2D eigenvalue weighted by Gasteiger charge is 2.23. The van der Waals surface area contributed by atoms with Crippen molar-refractivity contribution in [2.45, 2.75) is 25.8 Å². The summed E-state index contributed by atoms with van der Waals surface area (Å²) in [6, 6.07) is 18.7. The normalized spacial score (nSPS) is 17.6. The number of hydrogen-bond acceptors (Lipinski definition) is 3. The molecule has 0 aromatic heterocycles. The fourth-order valence-electron chi connectivity index (χ4n) is 3.09. The van der Waals surface area contributed by atoms with Gasteiger partial charge in [-0.2, -0.15) is 0 Å². The lowest BCUT2D eigenvalue weighted by Crippen LogP contribution is -2.33. The molecule has 1 fully saturated rings. The highest BCUT2D eigenvalue weighted by atomic mass is 16.2. The molecule has 1 heterocycles. The molecule has 1 amide bonds. The van der Waals surface area contributed by atoms with E-state index in [9.17, 15) is 4.79 Å². The Morgan fingerprint density at radius 3 is 2.54 bits per heavy atom. The van der Waals surface area contributed by atoms with Gasteiger partial charge in [-0.1, -0.05) is 37.3 Å². The minimum absolute atomic E-state index is 0.0552. The molecule has 0 aliphatic carbocycles. The van der Waals surface area contributed by atoms with Crippen LogP contribution in [0.2, 0.25) is 0 Å². The first-order valence-corrected chi connectivity index (χ1v) is 8.65. The standard InChI is InChI=1S/C20H25N3O/c1-2-16-8-10-18(11-9-16)22-20(24)15-23-13-12-19(14-23)21-17-6-4-3-5-7-17/h3-11,19,21H,2,12-15H2,1H3,(H,22,24). The van der Waals surface area contributed by atoms with Crippen LogP contribution in [0.5, 0.6) is 0 Å². The van der Waals surface area contributed by atoms with Gasteiger partial charge in [-0.15, -0.1) is 0 Å². The van der Waals surface area contributed by atoms with Crippen molar-refractivity contribution in [2.24, 2.45) is 0 Å². The number of aryl methyl sites for hydroxylation is 1. The van der Waals surface area contributed by atoms with Crippen molar-refractivity contribution in [3.8, 4) is 0 Å². The minimum atomic E-state index is 0.0552. The van der Waals surface area contributed by atoms with Gasteiger partial charge in [-0.05, 0) is 42.7 Å². The van der Waals surface area contributed by atoms with E-state index in [0.717, 1.165) is 37.3 Å². The van der Waals surface area contributed by atoms with Crippen LogP contribution >= 0.6 is 0 Å². The molecule has 0 bridgehead atoms. The van der Waals surface area contributed by atoms with Gasteiger partial charge in [0, 0.05) is 30.5 Å². The Balaban J connectivity index is 1.45. The van der Waals surface area contributed by atoms with Crippen molar-refractivity contribution in [1.29, 1.82) is 0 Å². The van der Waals surface area contributed by atoms with Crippen molar-refractivity contribution in [3.63, 3.8) is 0 Å². The first-order chi connectivity index (χ1) is 11.7. The number of nitrogens with zero attached hydrogens (tertiary/aromatic N) is 1. The highest BCUT2D eigenvalue weighted by Crippen LogP contribution is 2.16. The van der Waals surface area contributed by atoms with Gasteiger partial charge >= 0.3 is 0 Å². The monoisotopic (exact) mass is 323 g/mol. The van der Waals surface area contributed by atoms with Crippen LogP contribution in [-0.4, -0.2) is 36.5 Å². The van der Waals surface area contributed by atoms with Crippen LogP contribution in [0.1, 0.15) is 18.9 Å². The second kappa shape index (κ2) is 7.97. The Kier molecular flexibility index (Phi) is 5.49. The first kappa shape index (κ1) is 16.5. The van der Waals surface area contributed by atoms with Gasteiger partial charge in [-0.3, -0.25) is 9.69 Å². The molecule has 4 nitrogen and oxygen atoms in total. The van der Waals surface area contributed by atoms with Gasteiger partial charge < -0.3 is 10.6 Å². The van der Waals surface area contributed by atoms with Crippen molar-refractivity contribution >= 4 is 17.3 Å². The predicted octanol–water partition coefficient (Wildman–Crippen LogP) is 3.37. The van der Waals surface area contributed by atoms with Crippen molar-refractivity contribution in [1.82, 2.24) is 4.90 Å². The molecule has 2 aromatic rings. The Hall–Kier alpha value is -2.33. The van der Waals surface area contributed by atoms with Gasteiger partial charge in [0.25, 0.3) is 0 Å². The summed E-state index contributed by atoms with van der Waals surface area (Å²) in [5.41, 5.74) is 3.29. The molecular formula is C20H25N3O. The van der Waals surface area contributed by atoms with Gasteiger partial charge in [-0.25, -0.2) is 0 Å². The zero-order chi connectivity index (χ0) is 16.8. The van der Waals surface area contributed by atoms with E-state index in [2.05, 4.69) is 46.7 Å². The quantitative estimate of drug-likeness (QED) is 0.856. The molecule has 1 saturated heterocycles. The average Bonchev–Trinajstić information content (AvgIpc) is 3.03. The Labute approximate surface area is 143 Å². The second-order valence-electron chi connectivity index (χ2n) is 6.33. The Morgan fingerprint density at radius 2 is 1.83 bits per heavy atom. The summed E-state index contributed by atoms with van der Waals surface area (Å²) in [5.74, 6) is 0.0552. The molecule has 0 spiro atoms. The van der Waals surface area contributed by atoms with E-state index >= 15 is 0 Å². The summed E-state index contributed by atoms with van der Waals surface area (Å²) < 4.78 is 0. The molecule has 126 valence electrons. The van der Waals surface area contributed by atoms with E-state index in [-0.39, 0.29) is 5.91 Å². The number of carbonyl (C=O) groups is 1. The zero-order valence-corrected chi connectivity index (χ0v) is 14.2. The maximum absolute atomic E-state index is 12.2. The SMILES string of the molecule is CCc1ccc(NC(=O)CN2CCC(Nc3ccccc3)C2)cc1. The maximum atomic E-state index is 12.2. The summed E-state index contributed by atoms with van der Waals surface area (Å²) in [7, 11) is 0. The van der Waals surface area contributed by atoms with E-state index in [0.29, 0.717) is 12.6 Å². The molecule has 3 rings (SSSR count). The number of anilines is 2. The maximum Gasteiger partial charge on any atom is 0.238 e. The topological polar surface area (TPSA) is 44.4 Å². The summed E-state index contributed by atoms with van der Waals surface area (Å²) in [6.07, 6.45) is 2.07. The van der Waals surface area contributed by atoms with Crippen LogP contribution in [0.15, 0.2) is 54.6 Å². The molecule has 4 heteroatoms. The lowest BCUT2D eigenvalue weighted by atomic mass is 10.1. The molecule has 2 aromatic carbocycles. The van der Waals surface area contributed by atoms with Crippen LogP contribution in [0, 0.1) is 0 Å². The molecule has 24 heavy (non-hydrogen) atoms. The molecule has 0 saturated carbocycles. The summed E-state index contributed by atoms with van der Waals surface area (Å²) >= 11 is 0. The summed E-state index contributed by atoms with van der Waals surface area (Å²) in [6.45, 7) is 4.42. The van der Waals surface area contributed by atoms with Gasteiger partial charge in [0.05, 0.1) is 6.54 Å². The Bertz CT molecular complexity index is 654. The summed E-state index contributed by atoms with van der Waals surface area (Å²) in [5, 5.41) is 6.52. The number of amides is 1. The van der Waals surface area contributed by atoms with Crippen LogP contribution in [0.3, 0.4) is 0 Å². The van der Waals surface area contributed by atoms with Gasteiger partial charge in [0.15, 0.2) is 0 Å². The van der Waals surface area contributed by atoms with Crippen LogP contribution < -0.4 is 10.6 Å². The predicted molar refractivity (Wildman–Crippen MR) is 99.4 cm³/mol. The van der Waals surface area contributed by atoms with E-state index in [4.69, 9.17) is 0 Å². The van der Waals surface area contributed by atoms with Crippen molar-refractivity contribution in [3.05, 3.63) is 60.2 Å². The van der Waals surface area contributed by atoms with Gasteiger partial charge in [0.1, 0.15) is 0 Å². The molecule has 2 N–H and O–H groups in total. The zero-order valence-electron chi connectivity index (χ0n) is 14.2. The van der Waals surface area contributed by atoms with Crippen LogP contribution in [0.4, 0.5) is 11.4 Å². The van der Waals surface area contributed by atoms with Crippen molar-refractivity contribution in [2.75, 3.05) is 30.3 Å². The number of carbonyl (C=O) groups excluding carboxylic acids is 1. The lowest BCUT2D eigenvalue weighted by molar-refractivity contribution is -0.117. The molecule has 1 atom stereocenters. The Morgan fingerprint density at radius 1 is 1.08 bits per heavy atom. The first-order valence-electron chi connectivity index (χ1n) is 8.65. The number of rotatable bonds is 6. The molecule has 1 aliphatic heterocycles. The fourth-order valence-corrected chi connectivity index (χ4v) is 3.09. The lowest BCUT2D eigenvalue weighted by Gasteiger charge is -2.17. The third-order valence-electron chi connectivity index (χ3n) is 4.43. The fraction of sp³-hybridized carbons (Fsp3) is 0.350. The van der Waals surface area contributed by atoms with E-state index in [1.807, 2.05) is 30.3 Å². The van der Waals surface area contributed by atoms with Crippen LogP contribution in [0.25, 0.3) is 0 Å². The molecular weight excluding hydrogens is 298 g/mol. The number of benzene rings is 2. The smallest absolute Gasteiger partial charge is 0.238 e. The number of likely N-dealkylation sites (tertiary alicyclic amines) is 1. The van der Waals surface area contributed by atoms with Gasteiger partial charge in [0.2, 0.25) is 5.91 Å².